The maximum atomic E-state index is 5.15. The number of anilines is 2. The molecule has 7 heteroatoms. The molecule has 1 aliphatic heterocycles. The molecule has 0 aliphatic carbocycles. The van der Waals surface area contributed by atoms with Crippen molar-refractivity contribution in [2.45, 2.75) is 13.3 Å². The number of nitrogens with one attached hydrogen (secondary N) is 1. The lowest BCUT2D eigenvalue weighted by Crippen LogP contribution is -2.45. The zero-order chi connectivity index (χ0) is 13.7. The van der Waals surface area contributed by atoms with Gasteiger partial charge < -0.3 is 19.9 Å². The van der Waals surface area contributed by atoms with Crippen LogP contribution < -0.4 is 15.0 Å². The first-order valence-electron chi connectivity index (χ1n) is 6.70. The summed E-state index contributed by atoms with van der Waals surface area (Å²) in [7, 11) is 3.70. The van der Waals surface area contributed by atoms with Crippen molar-refractivity contribution in [3.63, 3.8) is 0 Å². The van der Waals surface area contributed by atoms with E-state index in [1.165, 1.54) is 0 Å². The van der Waals surface area contributed by atoms with Crippen LogP contribution in [0.2, 0.25) is 0 Å². The van der Waals surface area contributed by atoms with Gasteiger partial charge in [0.15, 0.2) is 0 Å². The first kappa shape index (κ1) is 13.8. The van der Waals surface area contributed by atoms with E-state index in [9.17, 15) is 0 Å². The van der Waals surface area contributed by atoms with Crippen molar-refractivity contribution in [3.05, 3.63) is 0 Å². The number of ether oxygens (including phenoxy) is 1. The number of nitrogens with zero attached hydrogens (tertiary/aromatic N) is 5. The monoisotopic (exact) mass is 266 g/mol. The summed E-state index contributed by atoms with van der Waals surface area (Å²) in [6.45, 7) is 6.84. The summed E-state index contributed by atoms with van der Waals surface area (Å²) in [4.78, 5) is 17.5. The molecule has 0 amide bonds. The molecule has 2 heterocycles. The van der Waals surface area contributed by atoms with E-state index < -0.39 is 0 Å². The second-order valence-electron chi connectivity index (χ2n) is 4.66. The lowest BCUT2D eigenvalue weighted by atomic mass is 10.3. The van der Waals surface area contributed by atoms with Crippen LogP contribution in [-0.4, -0.2) is 66.7 Å². The van der Waals surface area contributed by atoms with Crippen molar-refractivity contribution in [1.82, 2.24) is 19.9 Å². The average Bonchev–Trinajstić information content (AvgIpc) is 2.45. The van der Waals surface area contributed by atoms with Gasteiger partial charge in [-0.05, 0) is 13.5 Å². The predicted octanol–water partition coefficient (Wildman–Crippen LogP) is 0.454. The Hall–Kier alpha value is -1.63. The Labute approximate surface area is 114 Å². The van der Waals surface area contributed by atoms with Crippen LogP contribution in [0.3, 0.4) is 0 Å². The molecule has 1 saturated heterocycles. The lowest BCUT2D eigenvalue weighted by molar-refractivity contribution is 0.310. The maximum Gasteiger partial charge on any atom is 0.322 e. The topological polar surface area (TPSA) is 66.4 Å². The zero-order valence-electron chi connectivity index (χ0n) is 11.9. The van der Waals surface area contributed by atoms with Crippen LogP contribution >= 0.6 is 0 Å². The molecule has 1 aromatic heterocycles. The second-order valence-corrected chi connectivity index (χ2v) is 4.66. The molecule has 19 heavy (non-hydrogen) atoms. The Morgan fingerprint density at radius 3 is 2.53 bits per heavy atom. The summed E-state index contributed by atoms with van der Waals surface area (Å²) < 4.78 is 5.15. The molecule has 1 aromatic rings. The van der Waals surface area contributed by atoms with Crippen LogP contribution in [0, 0.1) is 0 Å². The van der Waals surface area contributed by atoms with Crippen LogP contribution in [-0.2, 0) is 0 Å². The van der Waals surface area contributed by atoms with Crippen LogP contribution in [0.25, 0.3) is 0 Å². The fourth-order valence-corrected chi connectivity index (χ4v) is 1.90. The van der Waals surface area contributed by atoms with Crippen LogP contribution in [0.4, 0.5) is 11.9 Å². The summed E-state index contributed by atoms with van der Waals surface area (Å²) in [5, 5.41) is 3.18. The Morgan fingerprint density at radius 1 is 1.16 bits per heavy atom. The van der Waals surface area contributed by atoms with E-state index in [1.54, 1.807) is 7.11 Å². The summed E-state index contributed by atoms with van der Waals surface area (Å²) in [6.07, 6.45) is 1.03. The van der Waals surface area contributed by atoms with Gasteiger partial charge in [0.05, 0.1) is 7.11 Å². The summed E-state index contributed by atoms with van der Waals surface area (Å²) >= 11 is 0. The van der Waals surface area contributed by atoms with E-state index >= 15 is 0 Å². The van der Waals surface area contributed by atoms with E-state index in [0.29, 0.717) is 17.9 Å². The SMILES string of the molecule is CCCNc1nc(OC)nc(N2CCN(C)CC2)n1. The number of rotatable bonds is 5. The van der Waals surface area contributed by atoms with Crippen molar-refractivity contribution in [1.29, 1.82) is 0 Å². The Kier molecular flexibility index (Phi) is 4.73. The molecule has 1 N–H and O–H groups in total. The first-order valence-corrected chi connectivity index (χ1v) is 6.70. The molecule has 0 bridgehead atoms. The summed E-state index contributed by atoms with van der Waals surface area (Å²) in [5.74, 6) is 1.28. The first-order chi connectivity index (χ1) is 9.22. The van der Waals surface area contributed by atoms with Crippen LogP contribution in [0.15, 0.2) is 0 Å². The zero-order valence-corrected chi connectivity index (χ0v) is 11.9. The molecule has 7 nitrogen and oxygen atoms in total. The molecule has 0 spiro atoms. The molecule has 106 valence electrons. The minimum absolute atomic E-state index is 0.363. The molecular weight excluding hydrogens is 244 g/mol. The van der Waals surface area contributed by atoms with Crippen molar-refractivity contribution < 1.29 is 4.74 Å². The minimum atomic E-state index is 0.363. The highest BCUT2D eigenvalue weighted by molar-refractivity contribution is 5.38. The van der Waals surface area contributed by atoms with E-state index in [4.69, 9.17) is 4.74 Å². The lowest BCUT2D eigenvalue weighted by Gasteiger charge is -2.32. The van der Waals surface area contributed by atoms with Gasteiger partial charge in [0.2, 0.25) is 11.9 Å². The number of likely N-dealkylation sites (N-methyl/N-ethyl adjacent to an activating group) is 1. The third-order valence-corrected chi connectivity index (χ3v) is 3.10. The third kappa shape index (κ3) is 3.66. The van der Waals surface area contributed by atoms with Gasteiger partial charge in [0, 0.05) is 32.7 Å². The maximum absolute atomic E-state index is 5.15. The Bertz CT molecular complexity index is 405. The van der Waals surface area contributed by atoms with Crippen molar-refractivity contribution >= 4 is 11.9 Å². The molecule has 2 rings (SSSR count). The molecule has 0 atom stereocenters. The molecule has 0 saturated carbocycles. The Balaban J connectivity index is 2.14. The summed E-state index contributed by atoms with van der Waals surface area (Å²) in [6, 6.07) is 0.363. The van der Waals surface area contributed by atoms with Gasteiger partial charge in [-0.1, -0.05) is 6.92 Å². The van der Waals surface area contributed by atoms with Gasteiger partial charge in [-0.2, -0.15) is 15.0 Å². The van der Waals surface area contributed by atoms with E-state index in [2.05, 4.69) is 44.0 Å². The molecule has 0 aromatic carbocycles. The van der Waals surface area contributed by atoms with E-state index in [1.807, 2.05) is 0 Å². The number of aromatic nitrogens is 3. The highest BCUT2D eigenvalue weighted by Crippen LogP contribution is 2.16. The highest BCUT2D eigenvalue weighted by atomic mass is 16.5. The molecule has 0 unspecified atom stereocenters. The van der Waals surface area contributed by atoms with Crippen LogP contribution in [0.1, 0.15) is 13.3 Å². The quantitative estimate of drug-likeness (QED) is 0.830. The minimum Gasteiger partial charge on any atom is -0.467 e. The molecule has 1 aliphatic rings. The van der Waals surface area contributed by atoms with Crippen LogP contribution in [0.5, 0.6) is 6.01 Å². The van der Waals surface area contributed by atoms with Gasteiger partial charge >= 0.3 is 6.01 Å². The predicted molar refractivity (Wildman–Crippen MR) is 74.9 cm³/mol. The molecule has 0 radical (unpaired) electrons. The fourth-order valence-electron chi connectivity index (χ4n) is 1.90. The van der Waals surface area contributed by atoms with Gasteiger partial charge in [0.25, 0.3) is 0 Å². The standard InChI is InChI=1S/C12H22N6O/c1-4-5-13-10-14-11(16-12(15-10)19-3)18-8-6-17(2)7-9-18/h4-9H2,1-3H3,(H,13,14,15,16). The Morgan fingerprint density at radius 2 is 1.89 bits per heavy atom. The number of methoxy groups -OCH3 is 1. The molecular formula is C12H22N6O. The van der Waals surface area contributed by atoms with Crippen molar-refractivity contribution in [3.8, 4) is 6.01 Å². The van der Waals surface area contributed by atoms with Gasteiger partial charge in [-0.15, -0.1) is 0 Å². The molecule has 1 fully saturated rings. The number of hydrogen-bond acceptors (Lipinski definition) is 7. The highest BCUT2D eigenvalue weighted by Gasteiger charge is 2.18. The summed E-state index contributed by atoms with van der Waals surface area (Å²) in [5.41, 5.74) is 0. The van der Waals surface area contributed by atoms with E-state index in [0.717, 1.165) is 39.1 Å². The third-order valence-electron chi connectivity index (χ3n) is 3.10. The normalized spacial score (nSPS) is 16.5. The van der Waals surface area contributed by atoms with Gasteiger partial charge in [0.1, 0.15) is 0 Å². The van der Waals surface area contributed by atoms with Gasteiger partial charge in [-0.3, -0.25) is 0 Å². The van der Waals surface area contributed by atoms with Crippen molar-refractivity contribution in [2.24, 2.45) is 0 Å². The van der Waals surface area contributed by atoms with E-state index in [-0.39, 0.29) is 0 Å². The number of piperazine rings is 1. The van der Waals surface area contributed by atoms with Crippen molar-refractivity contribution in [2.75, 3.05) is 57.1 Å². The smallest absolute Gasteiger partial charge is 0.322 e. The average molecular weight is 266 g/mol. The van der Waals surface area contributed by atoms with Gasteiger partial charge in [-0.25, -0.2) is 0 Å². The fraction of sp³-hybridized carbons (Fsp3) is 0.750. The largest absolute Gasteiger partial charge is 0.467 e. The number of hydrogen-bond donors (Lipinski definition) is 1. The second kappa shape index (κ2) is 6.51.